The van der Waals surface area contributed by atoms with Crippen LogP contribution < -0.4 is 0 Å². The predicted molar refractivity (Wildman–Crippen MR) is 95.0 cm³/mol. The third-order valence-corrected chi connectivity index (χ3v) is 5.72. The van der Waals surface area contributed by atoms with E-state index < -0.39 is 0 Å². The Morgan fingerprint density at radius 1 is 0.680 bits per heavy atom. The molecule has 6 unspecified atom stereocenters. The van der Waals surface area contributed by atoms with Crippen molar-refractivity contribution in [3.05, 3.63) is 108 Å². The smallest absolute Gasteiger partial charge is 0.209 e. The molecule has 0 spiro atoms. The Balaban J connectivity index is 1.47. The highest BCUT2D eigenvalue weighted by molar-refractivity contribution is 5.43. The number of nitrogens with zero attached hydrogens (tertiary/aromatic N) is 2. The summed E-state index contributed by atoms with van der Waals surface area (Å²) in [4.78, 5) is 8.88. The lowest BCUT2D eigenvalue weighted by Crippen LogP contribution is -2.21. The summed E-state index contributed by atoms with van der Waals surface area (Å²) in [5.74, 6) is 0. The Bertz CT molecular complexity index is 915. The maximum absolute atomic E-state index is 6.29. The van der Waals surface area contributed by atoms with E-state index in [4.69, 9.17) is 4.84 Å². The van der Waals surface area contributed by atoms with E-state index in [9.17, 15) is 0 Å². The molecule has 0 bridgehead atoms. The first-order chi connectivity index (χ1) is 12.4. The lowest BCUT2D eigenvalue weighted by Gasteiger charge is -2.18. The standard InChI is InChI=1S/C22H18N2O/c1-4-10-16(11-5-1)19-20-22(18-14-8-3-9-15-18)24(25-22)21(23(19)20)17-12-6-2-7-13-17/h1-15,19-21H. The zero-order valence-electron chi connectivity index (χ0n) is 13.7. The normalized spacial score (nSPS) is 37.2. The summed E-state index contributed by atoms with van der Waals surface area (Å²) in [6.07, 6.45) is 0.177. The lowest BCUT2D eigenvalue weighted by molar-refractivity contribution is 0.0708. The van der Waals surface area contributed by atoms with Gasteiger partial charge in [-0.3, -0.25) is 9.74 Å². The average Bonchev–Trinajstić information content (AvgIpc) is 3.59. The van der Waals surface area contributed by atoms with Crippen LogP contribution in [0.1, 0.15) is 28.9 Å². The minimum Gasteiger partial charge on any atom is -0.264 e. The number of rotatable bonds is 3. The maximum Gasteiger partial charge on any atom is 0.209 e. The summed E-state index contributed by atoms with van der Waals surface area (Å²) in [5.41, 5.74) is 3.62. The molecule has 3 heteroatoms. The van der Waals surface area contributed by atoms with Crippen LogP contribution in [0.25, 0.3) is 0 Å². The van der Waals surface area contributed by atoms with E-state index in [2.05, 4.69) is 101 Å². The van der Waals surface area contributed by atoms with Crippen molar-refractivity contribution in [1.82, 2.24) is 9.96 Å². The average molecular weight is 326 g/mol. The fourth-order valence-corrected chi connectivity index (χ4v) is 4.60. The van der Waals surface area contributed by atoms with E-state index in [-0.39, 0.29) is 11.9 Å². The largest absolute Gasteiger partial charge is 0.264 e. The second kappa shape index (κ2) is 4.79. The van der Waals surface area contributed by atoms with Crippen LogP contribution in [-0.4, -0.2) is 16.0 Å². The first-order valence-electron chi connectivity index (χ1n) is 8.82. The predicted octanol–water partition coefficient (Wildman–Crippen LogP) is 4.22. The molecule has 3 saturated heterocycles. The van der Waals surface area contributed by atoms with Gasteiger partial charge in [-0.2, -0.15) is 0 Å². The fraction of sp³-hybridized carbons (Fsp3) is 0.182. The van der Waals surface area contributed by atoms with E-state index in [1.54, 1.807) is 0 Å². The summed E-state index contributed by atoms with van der Waals surface area (Å²) >= 11 is 0. The van der Waals surface area contributed by atoms with Crippen LogP contribution >= 0.6 is 0 Å². The SMILES string of the molecule is c1ccc(C2C3N2C(c2ccccc2)N2OC32c2ccccc2)cc1. The number of hydrogen-bond donors (Lipinski definition) is 0. The van der Waals surface area contributed by atoms with E-state index in [0.717, 1.165) is 0 Å². The molecule has 3 aliphatic rings. The zero-order valence-corrected chi connectivity index (χ0v) is 13.7. The number of hydrogen-bond acceptors (Lipinski definition) is 3. The highest BCUT2D eigenvalue weighted by Gasteiger charge is 2.83. The van der Waals surface area contributed by atoms with E-state index in [1.165, 1.54) is 16.7 Å². The molecule has 0 aromatic heterocycles. The van der Waals surface area contributed by atoms with Crippen LogP contribution in [0.15, 0.2) is 91.0 Å². The molecular formula is C22H18N2O. The molecule has 122 valence electrons. The van der Waals surface area contributed by atoms with Crippen molar-refractivity contribution in [2.45, 2.75) is 24.0 Å². The van der Waals surface area contributed by atoms with Crippen molar-refractivity contribution in [2.24, 2.45) is 0 Å². The molecule has 0 radical (unpaired) electrons. The third-order valence-electron chi connectivity index (χ3n) is 5.72. The van der Waals surface area contributed by atoms with Gasteiger partial charge in [0.25, 0.3) is 0 Å². The maximum atomic E-state index is 6.29. The molecule has 6 rings (SSSR count). The third kappa shape index (κ3) is 1.75. The van der Waals surface area contributed by atoms with Crippen molar-refractivity contribution < 1.29 is 4.84 Å². The zero-order chi connectivity index (χ0) is 16.4. The highest BCUT2D eigenvalue weighted by Crippen LogP contribution is 2.73. The van der Waals surface area contributed by atoms with Crippen LogP contribution in [-0.2, 0) is 10.6 Å². The topological polar surface area (TPSA) is 18.5 Å². The van der Waals surface area contributed by atoms with Gasteiger partial charge >= 0.3 is 0 Å². The van der Waals surface area contributed by atoms with Crippen molar-refractivity contribution >= 4 is 0 Å². The van der Waals surface area contributed by atoms with Gasteiger partial charge in [0.1, 0.15) is 6.17 Å². The summed E-state index contributed by atoms with van der Waals surface area (Å²) in [6, 6.07) is 32.9. The van der Waals surface area contributed by atoms with E-state index in [1.807, 2.05) is 0 Å². The minimum absolute atomic E-state index is 0.177. The second-order valence-electron chi connectivity index (χ2n) is 7.01. The molecule has 3 aliphatic heterocycles. The summed E-state index contributed by atoms with van der Waals surface area (Å²) in [5, 5.41) is 2.18. The second-order valence-corrected chi connectivity index (χ2v) is 7.01. The van der Waals surface area contributed by atoms with Gasteiger partial charge in [0.2, 0.25) is 5.72 Å². The van der Waals surface area contributed by atoms with Gasteiger partial charge in [-0.15, -0.1) is 5.06 Å². The summed E-state index contributed by atoms with van der Waals surface area (Å²) in [7, 11) is 0. The molecule has 3 nitrogen and oxygen atoms in total. The van der Waals surface area contributed by atoms with Gasteiger partial charge < -0.3 is 0 Å². The van der Waals surface area contributed by atoms with Gasteiger partial charge in [-0.05, 0) is 11.1 Å². The van der Waals surface area contributed by atoms with Gasteiger partial charge in [-0.25, -0.2) is 0 Å². The van der Waals surface area contributed by atoms with Crippen molar-refractivity contribution in [3.8, 4) is 0 Å². The summed E-state index contributed by atoms with van der Waals surface area (Å²) in [6.45, 7) is 0. The molecule has 3 aromatic carbocycles. The quantitative estimate of drug-likeness (QED) is 0.671. The molecule has 0 N–H and O–H groups in total. The molecule has 0 amide bonds. The molecular weight excluding hydrogens is 308 g/mol. The van der Waals surface area contributed by atoms with Crippen molar-refractivity contribution in [2.75, 3.05) is 0 Å². The van der Waals surface area contributed by atoms with Gasteiger partial charge in [0, 0.05) is 5.56 Å². The number of hydroxylamine groups is 2. The molecule has 25 heavy (non-hydrogen) atoms. The minimum atomic E-state index is -0.303. The summed E-state index contributed by atoms with van der Waals surface area (Å²) < 4.78 is 0. The fourth-order valence-electron chi connectivity index (χ4n) is 4.60. The number of fused-ring (bicyclic) bond motifs is 3. The molecule has 6 atom stereocenters. The first kappa shape index (κ1) is 13.8. The molecule has 0 saturated carbocycles. The van der Waals surface area contributed by atoms with E-state index in [0.29, 0.717) is 12.1 Å². The van der Waals surface area contributed by atoms with Crippen LogP contribution in [0.5, 0.6) is 0 Å². The van der Waals surface area contributed by atoms with Crippen molar-refractivity contribution in [1.29, 1.82) is 0 Å². The first-order valence-corrected chi connectivity index (χ1v) is 8.82. The molecule has 0 aliphatic carbocycles. The molecule has 3 aromatic rings. The Hall–Kier alpha value is -2.46. The Labute approximate surface area is 147 Å². The Morgan fingerprint density at radius 2 is 1.24 bits per heavy atom. The molecule has 3 fully saturated rings. The lowest BCUT2D eigenvalue weighted by atomic mass is 9.96. The van der Waals surface area contributed by atoms with Crippen molar-refractivity contribution in [3.63, 3.8) is 0 Å². The van der Waals surface area contributed by atoms with E-state index >= 15 is 0 Å². The highest BCUT2D eigenvalue weighted by atomic mass is 16.9. The Kier molecular flexibility index (Phi) is 2.64. The van der Waals surface area contributed by atoms with Crippen LogP contribution in [0, 0.1) is 0 Å². The van der Waals surface area contributed by atoms with Crippen LogP contribution in [0.2, 0.25) is 0 Å². The monoisotopic (exact) mass is 326 g/mol. The van der Waals surface area contributed by atoms with Gasteiger partial charge in [0.05, 0.1) is 12.1 Å². The number of benzene rings is 3. The molecule has 3 heterocycles. The van der Waals surface area contributed by atoms with Gasteiger partial charge in [-0.1, -0.05) is 91.0 Å². The Morgan fingerprint density at radius 3 is 1.88 bits per heavy atom. The van der Waals surface area contributed by atoms with Crippen LogP contribution in [0.3, 0.4) is 0 Å². The van der Waals surface area contributed by atoms with Gasteiger partial charge in [0.15, 0.2) is 0 Å². The van der Waals surface area contributed by atoms with Crippen LogP contribution in [0.4, 0.5) is 0 Å².